The minimum atomic E-state index is -4.38. The molecule has 1 rings (SSSR count). The van der Waals surface area contributed by atoms with E-state index in [1.54, 1.807) is 12.1 Å². The molecule has 0 bridgehead atoms. The van der Waals surface area contributed by atoms with Crippen molar-refractivity contribution in [3.8, 4) is 5.75 Å². The highest BCUT2D eigenvalue weighted by Gasteiger charge is 2.27. The molecule has 0 fully saturated rings. The summed E-state index contributed by atoms with van der Waals surface area (Å²) in [7, 11) is 0. The minimum Gasteiger partial charge on any atom is -0.467 e. The quantitative estimate of drug-likeness (QED) is 0.446. The number of benzene rings is 1. The van der Waals surface area contributed by atoms with Crippen LogP contribution in [0.15, 0.2) is 24.3 Å². The van der Waals surface area contributed by atoms with Gasteiger partial charge in [0, 0.05) is 0 Å². The predicted molar refractivity (Wildman–Crippen MR) is 49.3 cm³/mol. The summed E-state index contributed by atoms with van der Waals surface area (Å²) in [6.45, 7) is -1.93. The molecule has 0 aliphatic carbocycles. The Hall–Kier alpha value is -1.56. The molecule has 88 valence electrons. The third-order valence-electron chi connectivity index (χ3n) is 1.61. The van der Waals surface area contributed by atoms with E-state index in [1.807, 2.05) is 0 Å². The molecule has 1 aromatic rings. The highest BCUT2D eigenvalue weighted by atomic mass is 19.4. The number of rotatable bonds is 5. The topological polar surface area (TPSA) is 35.5 Å². The number of ether oxygens (including phenoxy) is 2. The van der Waals surface area contributed by atoms with Crippen LogP contribution in [0.4, 0.5) is 13.2 Å². The zero-order chi connectivity index (χ0) is 12.0. The normalized spacial score (nSPS) is 11.2. The molecule has 0 atom stereocenters. The van der Waals surface area contributed by atoms with E-state index in [1.165, 1.54) is 12.1 Å². The van der Waals surface area contributed by atoms with Crippen molar-refractivity contribution < 1.29 is 27.4 Å². The molecular formula is C10H9F3O3. The fourth-order valence-corrected chi connectivity index (χ4v) is 0.972. The van der Waals surface area contributed by atoms with Gasteiger partial charge in [0.1, 0.15) is 12.4 Å². The van der Waals surface area contributed by atoms with Crippen molar-refractivity contribution in [2.75, 3.05) is 13.4 Å². The van der Waals surface area contributed by atoms with Crippen LogP contribution in [-0.2, 0) is 4.74 Å². The van der Waals surface area contributed by atoms with Gasteiger partial charge in [0.25, 0.3) is 0 Å². The molecule has 0 saturated carbocycles. The van der Waals surface area contributed by atoms with Crippen LogP contribution in [0.5, 0.6) is 5.75 Å². The fraction of sp³-hybridized carbons (Fsp3) is 0.300. The maximum Gasteiger partial charge on any atom is 0.411 e. The van der Waals surface area contributed by atoms with Gasteiger partial charge in [-0.3, -0.25) is 4.79 Å². The summed E-state index contributed by atoms with van der Waals surface area (Å²) in [6.07, 6.45) is -3.83. The van der Waals surface area contributed by atoms with Gasteiger partial charge in [0.2, 0.25) is 0 Å². The summed E-state index contributed by atoms with van der Waals surface area (Å²) < 4.78 is 44.2. The summed E-state index contributed by atoms with van der Waals surface area (Å²) in [6, 6.07) is 6.19. The Balaban J connectivity index is 2.40. The van der Waals surface area contributed by atoms with Gasteiger partial charge in [-0.25, -0.2) is 0 Å². The first kappa shape index (κ1) is 12.5. The lowest BCUT2D eigenvalue weighted by molar-refractivity contribution is -0.186. The standard InChI is InChI=1S/C10H9F3O3/c11-10(12,13)6-15-7-16-9-4-2-1-3-8(9)5-14/h1-5H,6-7H2. The second-order valence-corrected chi connectivity index (χ2v) is 2.88. The summed E-state index contributed by atoms with van der Waals surface area (Å²) in [4.78, 5) is 10.5. The molecule has 6 heteroatoms. The van der Waals surface area contributed by atoms with E-state index in [2.05, 4.69) is 4.74 Å². The molecule has 0 N–H and O–H groups in total. The number of hydrogen-bond acceptors (Lipinski definition) is 3. The highest BCUT2D eigenvalue weighted by molar-refractivity contribution is 5.79. The molecule has 0 aliphatic rings. The Morgan fingerprint density at radius 2 is 1.94 bits per heavy atom. The van der Waals surface area contributed by atoms with Crippen molar-refractivity contribution in [2.45, 2.75) is 6.18 Å². The van der Waals surface area contributed by atoms with E-state index in [0.717, 1.165) is 0 Å². The Labute approximate surface area is 89.8 Å². The zero-order valence-electron chi connectivity index (χ0n) is 8.16. The lowest BCUT2D eigenvalue weighted by Crippen LogP contribution is -2.19. The first-order valence-corrected chi connectivity index (χ1v) is 4.34. The van der Waals surface area contributed by atoms with Crippen molar-refractivity contribution >= 4 is 6.29 Å². The van der Waals surface area contributed by atoms with E-state index >= 15 is 0 Å². The summed E-state index contributed by atoms with van der Waals surface area (Å²) in [5.74, 6) is 0.194. The van der Waals surface area contributed by atoms with Gasteiger partial charge in [0.05, 0.1) is 5.56 Å². The molecule has 3 nitrogen and oxygen atoms in total. The van der Waals surface area contributed by atoms with E-state index in [9.17, 15) is 18.0 Å². The van der Waals surface area contributed by atoms with E-state index in [-0.39, 0.29) is 11.3 Å². The predicted octanol–water partition coefficient (Wildman–Crippen LogP) is 2.41. The number of hydrogen-bond donors (Lipinski definition) is 0. The number of carbonyl (C=O) groups is 1. The van der Waals surface area contributed by atoms with Crippen LogP contribution in [0.3, 0.4) is 0 Å². The zero-order valence-corrected chi connectivity index (χ0v) is 8.16. The fourth-order valence-electron chi connectivity index (χ4n) is 0.972. The van der Waals surface area contributed by atoms with Crippen LogP contribution in [0.1, 0.15) is 10.4 Å². The third kappa shape index (κ3) is 4.31. The SMILES string of the molecule is O=Cc1ccccc1OCOCC(F)(F)F. The molecule has 0 amide bonds. The highest BCUT2D eigenvalue weighted by Crippen LogP contribution is 2.17. The van der Waals surface area contributed by atoms with Crippen molar-refractivity contribution in [3.05, 3.63) is 29.8 Å². The minimum absolute atomic E-state index is 0.194. The average molecular weight is 234 g/mol. The van der Waals surface area contributed by atoms with Crippen LogP contribution in [0, 0.1) is 0 Å². The number of alkyl halides is 3. The smallest absolute Gasteiger partial charge is 0.411 e. The van der Waals surface area contributed by atoms with Gasteiger partial charge in [-0.2, -0.15) is 13.2 Å². The first-order valence-electron chi connectivity index (χ1n) is 4.34. The molecule has 0 heterocycles. The summed E-state index contributed by atoms with van der Waals surface area (Å²) in [5.41, 5.74) is 0.262. The van der Waals surface area contributed by atoms with E-state index in [4.69, 9.17) is 4.74 Å². The van der Waals surface area contributed by atoms with Gasteiger partial charge in [-0.1, -0.05) is 12.1 Å². The number of aldehydes is 1. The lowest BCUT2D eigenvalue weighted by Gasteiger charge is -2.10. The van der Waals surface area contributed by atoms with Crippen molar-refractivity contribution in [3.63, 3.8) is 0 Å². The molecule has 0 radical (unpaired) electrons. The molecule has 0 saturated heterocycles. The molecule has 0 aromatic heterocycles. The summed E-state index contributed by atoms with van der Waals surface area (Å²) >= 11 is 0. The monoisotopic (exact) mass is 234 g/mol. The van der Waals surface area contributed by atoms with E-state index < -0.39 is 19.6 Å². The van der Waals surface area contributed by atoms with Crippen LogP contribution in [0.2, 0.25) is 0 Å². The lowest BCUT2D eigenvalue weighted by atomic mass is 10.2. The molecule has 1 aromatic carbocycles. The average Bonchev–Trinajstić information content (AvgIpc) is 2.23. The van der Waals surface area contributed by atoms with Gasteiger partial charge in [0.15, 0.2) is 13.1 Å². The van der Waals surface area contributed by atoms with Crippen LogP contribution < -0.4 is 4.74 Å². The number of carbonyl (C=O) groups excluding carboxylic acids is 1. The van der Waals surface area contributed by atoms with Crippen molar-refractivity contribution in [2.24, 2.45) is 0 Å². The van der Waals surface area contributed by atoms with E-state index in [0.29, 0.717) is 6.29 Å². The number of halogens is 3. The van der Waals surface area contributed by atoms with Gasteiger partial charge >= 0.3 is 6.18 Å². The van der Waals surface area contributed by atoms with Crippen LogP contribution >= 0.6 is 0 Å². The number of para-hydroxylation sites is 1. The largest absolute Gasteiger partial charge is 0.467 e. The third-order valence-corrected chi connectivity index (χ3v) is 1.61. The Kier molecular flexibility index (Phi) is 4.30. The molecule has 0 unspecified atom stereocenters. The Morgan fingerprint density at radius 3 is 2.56 bits per heavy atom. The van der Waals surface area contributed by atoms with Crippen LogP contribution in [-0.4, -0.2) is 25.9 Å². The molecular weight excluding hydrogens is 225 g/mol. The Morgan fingerprint density at radius 1 is 1.25 bits per heavy atom. The maximum atomic E-state index is 11.7. The molecule has 0 aliphatic heterocycles. The van der Waals surface area contributed by atoms with Gasteiger partial charge in [-0.15, -0.1) is 0 Å². The van der Waals surface area contributed by atoms with Gasteiger partial charge in [-0.05, 0) is 12.1 Å². The summed E-state index contributed by atoms with van der Waals surface area (Å²) in [5, 5.41) is 0. The first-order chi connectivity index (χ1) is 7.53. The van der Waals surface area contributed by atoms with Crippen LogP contribution in [0.25, 0.3) is 0 Å². The second-order valence-electron chi connectivity index (χ2n) is 2.88. The maximum absolute atomic E-state index is 11.7. The van der Waals surface area contributed by atoms with Gasteiger partial charge < -0.3 is 9.47 Å². The second kappa shape index (κ2) is 5.50. The van der Waals surface area contributed by atoms with Crippen molar-refractivity contribution in [1.29, 1.82) is 0 Å². The molecule has 16 heavy (non-hydrogen) atoms. The Bertz CT molecular complexity index is 349. The molecule has 0 spiro atoms. The van der Waals surface area contributed by atoms with Crippen molar-refractivity contribution in [1.82, 2.24) is 0 Å².